The van der Waals surface area contributed by atoms with Gasteiger partial charge in [0.15, 0.2) is 0 Å². The second-order valence-electron chi connectivity index (χ2n) is 4.60. The molecule has 0 bridgehead atoms. The highest BCUT2D eigenvalue weighted by atomic mass is 32.3. The van der Waals surface area contributed by atoms with Crippen molar-refractivity contribution < 1.29 is 17.5 Å². The summed E-state index contributed by atoms with van der Waals surface area (Å²) < 4.78 is 31.6. The Labute approximate surface area is 107 Å². The second-order valence-corrected chi connectivity index (χ2v) is 5.49. The molecular weight excluding hydrogens is 254 g/mol. The molecule has 0 amide bonds. The minimum absolute atomic E-state index is 0.0886. The van der Waals surface area contributed by atoms with Crippen LogP contribution in [0.3, 0.4) is 0 Å². The summed E-state index contributed by atoms with van der Waals surface area (Å²) in [6.07, 6.45) is 0. The molecule has 1 heterocycles. The minimum atomic E-state index is -4.67. The number of nitrogens with zero attached hydrogens (tertiary/aromatic N) is 1. The van der Waals surface area contributed by atoms with Crippen LogP contribution in [0.15, 0.2) is 36.5 Å². The molecule has 6 heteroatoms. The van der Waals surface area contributed by atoms with Crippen molar-refractivity contribution in [3.63, 3.8) is 0 Å². The molecule has 1 aliphatic heterocycles. The van der Waals surface area contributed by atoms with Crippen molar-refractivity contribution >= 4 is 16.1 Å². The van der Waals surface area contributed by atoms with Crippen LogP contribution in [-0.4, -0.2) is 24.6 Å². The van der Waals surface area contributed by atoms with Gasteiger partial charge in [0.2, 0.25) is 0 Å². The van der Waals surface area contributed by atoms with Gasteiger partial charge in [-0.05, 0) is 11.6 Å². The molecule has 1 aromatic carbocycles. The number of likely N-dealkylation sites (N-methyl/N-ethyl adjacent to an activating group) is 1. The standard InChI is InChI=1S/C12H15N.H2O4S/c1-9-12(2,3)10-7-5-6-8-11(10)13(9)4;1-5(2,3)4/h5-8H,1H2,2-4H3;(H2,1,2,3,4). The average Bonchev–Trinajstić information content (AvgIpc) is 2.40. The molecule has 5 nitrogen and oxygen atoms in total. The Morgan fingerprint density at radius 3 is 2.11 bits per heavy atom. The van der Waals surface area contributed by atoms with Crippen molar-refractivity contribution in [1.82, 2.24) is 0 Å². The zero-order valence-electron chi connectivity index (χ0n) is 10.6. The summed E-state index contributed by atoms with van der Waals surface area (Å²) in [4.78, 5) is 2.18. The van der Waals surface area contributed by atoms with Gasteiger partial charge in [-0.25, -0.2) is 0 Å². The molecule has 2 rings (SSSR count). The first kappa shape index (κ1) is 14.7. The highest BCUT2D eigenvalue weighted by Gasteiger charge is 2.36. The number of hydrogen-bond acceptors (Lipinski definition) is 3. The number of para-hydroxylation sites is 1. The van der Waals surface area contributed by atoms with Gasteiger partial charge in [-0.3, -0.25) is 9.11 Å². The van der Waals surface area contributed by atoms with Crippen molar-refractivity contribution in [1.29, 1.82) is 0 Å². The van der Waals surface area contributed by atoms with E-state index < -0.39 is 10.4 Å². The summed E-state index contributed by atoms with van der Waals surface area (Å²) in [6.45, 7) is 8.57. The van der Waals surface area contributed by atoms with Crippen LogP contribution < -0.4 is 4.90 Å². The lowest BCUT2D eigenvalue weighted by Gasteiger charge is -2.22. The van der Waals surface area contributed by atoms with Gasteiger partial charge >= 0.3 is 10.4 Å². The highest BCUT2D eigenvalue weighted by molar-refractivity contribution is 7.79. The van der Waals surface area contributed by atoms with Gasteiger partial charge < -0.3 is 4.90 Å². The molecule has 1 aliphatic rings. The van der Waals surface area contributed by atoms with Crippen LogP contribution in [-0.2, 0) is 15.8 Å². The van der Waals surface area contributed by atoms with Crippen LogP contribution in [0.25, 0.3) is 0 Å². The molecule has 1 aromatic rings. The number of allylic oxidation sites excluding steroid dienone is 1. The molecule has 0 aliphatic carbocycles. The van der Waals surface area contributed by atoms with Crippen LogP contribution in [0.4, 0.5) is 5.69 Å². The number of anilines is 1. The van der Waals surface area contributed by atoms with Gasteiger partial charge in [0.1, 0.15) is 0 Å². The van der Waals surface area contributed by atoms with E-state index in [1.807, 2.05) is 0 Å². The first-order chi connectivity index (χ1) is 8.05. The van der Waals surface area contributed by atoms with Crippen molar-refractivity contribution in [2.24, 2.45) is 0 Å². The fourth-order valence-electron chi connectivity index (χ4n) is 2.01. The van der Waals surface area contributed by atoms with E-state index in [1.54, 1.807) is 0 Å². The Balaban J connectivity index is 0.000000280. The molecule has 0 unspecified atom stereocenters. The number of fused-ring (bicyclic) bond motifs is 1. The summed E-state index contributed by atoms with van der Waals surface area (Å²) in [5, 5.41) is 0. The molecule has 18 heavy (non-hydrogen) atoms. The third-order valence-electron chi connectivity index (χ3n) is 3.07. The number of hydrogen-bond donors (Lipinski definition) is 2. The number of benzene rings is 1. The summed E-state index contributed by atoms with van der Waals surface area (Å²) in [6, 6.07) is 8.50. The Bertz CT molecular complexity index is 555. The summed E-state index contributed by atoms with van der Waals surface area (Å²) in [7, 11) is -2.59. The van der Waals surface area contributed by atoms with Crippen molar-refractivity contribution in [3.05, 3.63) is 42.1 Å². The van der Waals surface area contributed by atoms with E-state index in [1.165, 1.54) is 16.9 Å². The summed E-state index contributed by atoms with van der Waals surface area (Å²) in [5.74, 6) is 0. The molecule has 0 saturated heterocycles. The van der Waals surface area contributed by atoms with E-state index in [2.05, 4.69) is 56.6 Å². The topological polar surface area (TPSA) is 77.8 Å². The predicted molar refractivity (Wildman–Crippen MR) is 71.2 cm³/mol. The zero-order chi connectivity index (χ0) is 14.1. The average molecular weight is 271 g/mol. The maximum absolute atomic E-state index is 8.74. The van der Waals surface area contributed by atoms with E-state index in [0.717, 1.165) is 0 Å². The Morgan fingerprint density at radius 2 is 1.67 bits per heavy atom. The van der Waals surface area contributed by atoms with Crippen LogP contribution in [0.5, 0.6) is 0 Å². The predicted octanol–water partition coefficient (Wildman–Crippen LogP) is 2.27. The van der Waals surface area contributed by atoms with E-state index in [4.69, 9.17) is 17.5 Å². The molecule has 0 atom stereocenters. The first-order valence-corrected chi connectivity index (χ1v) is 6.67. The van der Waals surface area contributed by atoms with Crippen LogP contribution >= 0.6 is 0 Å². The maximum Gasteiger partial charge on any atom is 0.394 e. The minimum Gasteiger partial charge on any atom is -0.348 e. The van der Waals surface area contributed by atoms with E-state index in [-0.39, 0.29) is 5.41 Å². The van der Waals surface area contributed by atoms with Gasteiger partial charge in [0.25, 0.3) is 0 Å². The summed E-state index contributed by atoms with van der Waals surface area (Å²) in [5.41, 5.74) is 3.93. The van der Waals surface area contributed by atoms with Gasteiger partial charge in [0, 0.05) is 23.8 Å². The molecule has 0 aromatic heterocycles. The molecule has 100 valence electrons. The lowest BCUT2D eigenvalue weighted by atomic mass is 9.85. The fourth-order valence-corrected chi connectivity index (χ4v) is 2.01. The van der Waals surface area contributed by atoms with Gasteiger partial charge in [-0.15, -0.1) is 0 Å². The lowest BCUT2D eigenvalue weighted by Crippen LogP contribution is -2.21. The number of rotatable bonds is 0. The van der Waals surface area contributed by atoms with Crippen molar-refractivity contribution in [2.45, 2.75) is 19.3 Å². The van der Waals surface area contributed by atoms with E-state index >= 15 is 0 Å². The molecule has 2 N–H and O–H groups in total. The Morgan fingerprint density at radius 1 is 1.22 bits per heavy atom. The SMILES string of the molecule is C=C1N(C)c2ccccc2C1(C)C.O=S(=O)(O)O. The lowest BCUT2D eigenvalue weighted by molar-refractivity contribution is 0.381. The highest BCUT2D eigenvalue weighted by Crippen LogP contribution is 2.45. The monoisotopic (exact) mass is 271 g/mol. The Kier molecular flexibility index (Phi) is 3.85. The van der Waals surface area contributed by atoms with Crippen LogP contribution in [0, 0.1) is 0 Å². The molecule has 0 fully saturated rings. The van der Waals surface area contributed by atoms with Crippen molar-refractivity contribution in [2.75, 3.05) is 11.9 Å². The zero-order valence-corrected chi connectivity index (χ0v) is 11.4. The van der Waals surface area contributed by atoms with Crippen LogP contribution in [0.2, 0.25) is 0 Å². The van der Waals surface area contributed by atoms with Gasteiger partial charge in [0.05, 0.1) is 0 Å². The third kappa shape index (κ3) is 3.10. The molecule has 0 radical (unpaired) electrons. The quantitative estimate of drug-likeness (QED) is 0.708. The van der Waals surface area contributed by atoms with Crippen LogP contribution in [0.1, 0.15) is 19.4 Å². The molecule has 0 spiro atoms. The smallest absolute Gasteiger partial charge is 0.348 e. The molecule has 0 saturated carbocycles. The Hall–Kier alpha value is -1.37. The first-order valence-electron chi connectivity index (χ1n) is 5.27. The second kappa shape index (κ2) is 4.72. The van der Waals surface area contributed by atoms with Gasteiger partial charge in [-0.2, -0.15) is 8.42 Å². The van der Waals surface area contributed by atoms with Crippen molar-refractivity contribution in [3.8, 4) is 0 Å². The fraction of sp³-hybridized carbons (Fsp3) is 0.333. The molecular formula is C12H17NO4S. The third-order valence-corrected chi connectivity index (χ3v) is 3.07. The summed E-state index contributed by atoms with van der Waals surface area (Å²) >= 11 is 0. The van der Waals surface area contributed by atoms with Gasteiger partial charge in [-0.1, -0.05) is 38.6 Å². The van der Waals surface area contributed by atoms with E-state index in [0.29, 0.717) is 0 Å². The maximum atomic E-state index is 8.74. The normalized spacial score (nSPS) is 16.9. The van der Waals surface area contributed by atoms with E-state index in [9.17, 15) is 0 Å². The largest absolute Gasteiger partial charge is 0.394 e.